The maximum absolute atomic E-state index is 12.8. The number of nitrogens with zero attached hydrogens (tertiary/aromatic N) is 1. The molecule has 0 N–H and O–H groups in total. The van der Waals surface area contributed by atoms with E-state index in [1.165, 1.54) is 16.8 Å². The van der Waals surface area contributed by atoms with Crippen molar-refractivity contribution < 1.29 is 9.53 Å². The Bertz CT molecular complexity index is 739. The number of carbonyl (C=O) groups is 1. The molecule has 0 radical (unpaired) electrons. The molecule has 1 aliphatic heterocycles. The van der Waals surface area contributed by atoms with Crippen LogP contribution in [0.1, 0.15) is 18.1 Å². The van der Waals surface area contributed by atoms with Gasteiger partial charge < -0.3 is 0 Å². The van der Waals surface area contributed by atoms with Crippen LogP contribution in [-0.4, -0.2) is 46.7 Å². The van der Waals surface area contributed by atoms with Gasteiger partial charge in [-0.25, -0.2) is 0 Å². The SMILES string of the molecule is CC(=O)C(Cc1ccccc1)(Cc1ccc(N2CCOCC2)cc1)[As](C)C. The summed E-state index contributed by atoms with van der Waals surface area (Å²) in [6.07, 6.45) is 1.69. The number of ketones is 1. The van der Waals surface area contributed by atoms with Crippen molar-refractivity contribution in [3.8, 4) is 0 Å². The molecule has 4 heteroatoms. The van der Waals surface area contributed by atoms with Crippen LogP contribution in [0.15, 0.2) is 54.6 Å². The third-order valence-electron chi connectivity index (χ3n) is 5.66. The van der Waals surface area contributed by atoms with Gasteiger partial charge in [-0.15, -0.1) is 0 Å². The van der Waals surface area contributed by atoms with E-state index >= 15 is 0 Å². The van der Waals surface area contributed by atoms with Gasteiger partial charge in [-0.1, -0.05) is 0 Å². The number of carbonyl (C=O) groups excluding carboxylic acids is 1. The van der Waals surface area contributed by atoms with Crippen molar-refractivity contribution >= 4 is 26.1 Å². The minimum atomic E-state index is -1.31. The molecule has 0 amide bonds. The number of Topliss-reactive ketones (excluding diaryl/α,β-unsaturated/α-hetero) is 1. The average Bonchev–Trinajstić information content (AvgIpc) is 2.69. The molecule has 0 saturated carbocycles. The summed E-state index contributed by atoms with van der Waals surface area (Å²) in [6, 6.07) is 19.3. The number of hydrogen-bond donors (Lipinski definition) is 0. The first-order valence-corrected chi connectivity index (χ1v) is 14.3. The first kappa shape index (κ1) is 20.2. The topological polar surface area (TPSA) is 29.5 Å². The van der Waals surface area contributed by atoms with Gasteiger partial charge in [0.1, 0.15) is 0 Å². The first-order valence-electron chi connectivity index (χ1n) is 9.65. The summed E-state index contributed by atoms with van der Waals surface area (Å²) in [6.45, 7) is 5.28. The number of ether oxygens (including phenoxy) is 1. The summed E-state index contributed by atoms with van der Waals surface area (Å²) >= 11 is -1.31. The summed E-state index contributed by atoms with van der Waals surface area (Å²) in [5, 5.41) is 0. The molecule has 0 aliphatic carbocycles. The predicted octanol–water partition coefficient (Wildman–Crippen LogP) is 4.39. The van der Waals surface area contributed by atoms with Gasteiger partial charge in [-0.3, -0.25) is 0 Å². The second kappa shape index (κ2) is 9.08. The summed E-state index contributed by atoms with van der Waals surface area (Å²) < 4.78 is 5.22. The Labute approximate surface area is 168 Å². The van der Waals surface area contributed by atoms with Gasteiger partial charge in [0.05, 0.1) is 0 Å². The molecule has 1 fully saturated rings. The van der Waals surface area contributed by atoms with E-state index in [1.807, 2.05) is 6.07 Å². The fraction of sp³-hybridized carbons (Fsp3) is 0.435. The van der Waals surface area contributed by atoms with Gasteiger partial charge in [-0.2, -0.15) is 0 Å². The average molecular weight is 427 g/mol. The fourth-order valence-corrected chi connectivity index (χ4v) is 7.27. The molecule has 3 nitrogen and oxygen atoms in total. The third kappa shape index (κ3) is 4.83. The predicted molar refractivity (Wildman–Crippen MR) is 114 cm³/mol. The summed E-state index contributed by atoms with van der Waals surface area (Å²) in [7, 11) is 0. The monoisotopic (exact) mass is 427 g/mol. The number of benzene rings is 2. The Morgan fingerprint density at radius 1 is 0.963 bits per heavy atom. The molecule has 1 atom stereocenters. The van der Waals surface area contributed by atoms with Crippen LogP contribution in [0.25, 0.3) is 0 Å². The molecule has 27 heavy (non-hydrogen) atoms. The minimum absolute atomic E-state index is 0.227. The molecular formula is C23H30AsNO2. The van der Waals surface area contributed by atoms with E-state index in [0.717, 1.165) is 39.1 Å². The summed E-state index contributed by atoms with van der Waals surface area (Å²) in [4.78, 5) is 15.2. The standard InChI is InChI=1S/C23H30AsNO2/c1-19(26)23(24(2)3,17-20-7-5-4-6-8-20)18-21-9-11-22(12-10-21)25-13-15-27-16-14-25/h4-12H,13-18H2,1-3H3. The van der Waals surface area contributed by atoms with Crippen LogP contribution < -0.4 is 4.90 Å². The van der Waals surface area contributed by atoms with Crippen LogP contribution in [0.4, 0.5) is 5.69 Å². The molecule has 0 bridgehead atoms. The molecule has 144 valence electrons. The molecule has 1 saturated heterocycles. The molecule has 2 aromatic rings. The van der Waals surface area contributed by atoms with Crippen LogP contribution in [0, 0.1) is 0 Å². The molecule has 3 rings (SSSR count). The third-order valence-corrected chi connectivity index (χ3v) is 10.6. The van der Waals surface area contributed by atoms with Crippen LogP contribution in [-0.2, 0) is 22.4 Å². The van der Waals surface area contributed by atoms with E-state index in [9.17, 15) is 4.79 Å². The second-order valence-corrected chi connectivity index (χ2v) is 13.1. The van der Waals surface area contributed by atoms with Crippen LogP contribution in [0.2, 0.25) is 15.6 Å². The van der Waals surface area contributed by atoms with Crippen molar-refractivity contribution in [1.29, 1.82) is 0 Å². The molecular weight excluding hydrogens is 397 g/mol. The second-order valence-electron chi connectivity index (χ2n) is 7.59. The van der Waals surface area contributed by atoms with Crippen LogP contribution >= 0.6 is 0 Å². The quantitative estimate of drug-likeness (QED) is 0.614. The molecule has 1 unspecified atom stereocenters. The van der Waals surface area contributed by atoms with Crippen molar-refractivity contribution in [3.63, 3.8) is 0 Å². The van der Waals surface area contributed by atoms with Crippen LogP contribution in [0.5, 0.6) is 0 Å². The fourth-order valence-electron chi connectivity index (χ4n) is 3.86. The molecule has 1 aliphatic rings. The Balaban J connectivity index is 1.82. The van der Waals surface area contributed by atoms with E-state index in [4.69, 9.17) is 4.74 Å². The normalized spacial score (nSPS) is 17.0. The van der Waals surface area contributed by atoms with Crippen molar-refractivity contribution in [1.82, 2.24) is 0 Å². The van der Waals surface area contributed by atoms with Gasteiger partial charge in [0.15, 0.2) is 0 Å². The van der Waals surface area contributed by atoms with Gasteiger partial charge in [0.2, 0.25) is 0 Å². The van der Waals surface area contributed by atoms with Gasteiger partial charge in [0, 0.05) is 0 Å². The molecule has 0 spiro atoms. The summed E-state index contributed by atoms with van der Waals surface area (Å²) in [5.74, 6) is 0.341. The molecule has 2 aromatic carbocycles. The molecule has 0 aromatic heterocycles. The van der Waals surface area contributed by atoms with Gasteiger partial charge >= 0.3 is 168 Å². The zero-order valence-corrected chi connectivity index (χ0v) is 18.5. The number of hydrogen-bond acceptors (Lipinski definition) is 3. The van der Waals surface area contributed by atoms with Crippen molar-refractivity contribution in [2.75, 3.05) is 31.2 Å². The zero-order valence-electron chi connectivity index (χ0n) is 16.6. The number of rotatable bonds is 7. The van der Waals surface area contributed by atoms with E-state index < -0.39 is 14.7 Å². The number of anilines is 1. The van der Waals surface area contributed by atoms with E-state index in [2.05, 4.69) is 64.9 Å². The van der Waals surface area contributed by atoms with E-state index in [0.29, 0.717) is 5.78 Å². The van der Waals surface area contributed by atoms with Crippen molar-refractivity contribution in [2.24, 2.45) is 0 Å². The van der Waals surface area contributed by atoms with Crippen molar-refractivity contribution in [3.05, 3.63) is 65.7 Å². The first-order chi connectivity index (χ1) is 13.0. The van der Waals surface area contributed by atoms with Crippen LogP contribution in [0.3, 0.4) is 0 Å². The Kier molecular flexibility index (Phi) is 6.78. The Hall–Kier alpha value is -1.57. The van der Waals surface area contributed by atoms with E-state index in [-0.39, 0.29) is 4.20 Å². The number of morpholine rings is 1. The summed E-state index contributed by atoms with van der Waals surface area (Å²) in [5.41, 5.74) is 8.42. The van der Waals surface area contributed by atoms with Crippen molar-refractivity contribution in [2.45, 2.75) is 35.4 Å². The Morgan fingerprint density at radius 3 is 2.04 bits per heavy atom. The maximum atomic E-state index is 12.8. The van der Waals surface area contributed by atoms with Gasteiger partial charge in [-0.05, 0) is 0 Å². The van der Waals surface area contributed by atoms with E-state index in [1.54, 1.807) is 6.92 Å². The molecule has 1 heterocycles. The Morgan fingerprint density at radius 2 is 1.52 bits per heavy atom. The zero-order chi connectivity index (χ0) is 19.3. The van der Waals surface area contributed by atoms with Gasteiger partial charge in [0.25, 0.3) is 0 Å².